The van der Waals surface area contributed by atoms with Gasteiger partial charge in [0.05, 0.1) is 5.56 Å². The van der Waals surface area contributed by atoms with Gasteiger partial charge in [-0.05, 0) is 29.2 Å². The summed E-state index contributed by atoms with van der Waals surface area (Å²) in [4.78, 5) is 15.6. The summed E-state index contributed by atoms with van der Waals surface area (Å²) in [6, 6.07) is 14.5. The molecule has 0 radical (unpaired) electrons. The first-order chi connectivity index (χ1) is 13.6. The molecule has 1 heterocycles. The number of carboxylic acid groups (broad SMARTS) is 1. The lowest BCUT2D eigenvalue weighted by Gasteiger charge is -2.08. The van der Waals surface area contributed by atoms with E-state index in [1.54, 1.807) is 16.8 Å². The smallest absolute Gasteiger partial charge is 0.336 e. The van der Waals surface area contributed by atoms with Gasteiger partial charge >= 0.3 is 12.0 Å². The van der Waals surface area contributed by atoms with Gasteiger partial charge in [0, 0.05) is 13.0 Å². The van der Waals surface area contributed by atoms with E-state index in [0.29, 0.717) is 12.0 Å². The third-order valence-electron chi connectivity index (χ3n) is 4.75. The molecule has 0 aliphatic rings. The van der Waals surface area contributed by atoms with Crippen LogP contribution in [0.2, 0.25) is 0 Å². The Morgan fingerprint density at radius 1 is 1.04 bits per heavy atom. The molecule has 0 spiro atoms. The van der Waals surface area contributed by atoms with E-state index in [-0.39, 0.29) is 11.6 Å². The topological polar surface area (TPSA) is 88.2 Å². The monoisotopic (exact) mass is 379 g/mol. The molecular weight excluding hydrogens is 354 g/mol. The van der Waals surface area contributed by atoms with Crippen LogP contribution >= 0.6 is 0 Å². The number of nitrogens with zero attached hydrogens (tertiary/aromatic N) is 3. The molecule has 1 aromatic heterocycles. The summed E-state index contributed by atoms with van der Waals surface area (Å²) in [5, 5.41) is 23.2. The zero-order valence-corrected chi connectivity index (χ0v) is 16.0. The first-order valence-electron chi connectivity index (χ1n) is 9.62. The molecule has 6 heteroatoms. The summed E-state index contributed by atoms with van der Waals surface area (Å²) in [6.45, 7) is 2.91. The van der Waals surface area contributed by atoms with Crippen LogP contribution in [-0.4, -0.2) is 30.9 Å². The number of carbonyl (C=O) groups is 1. The predicted molar refractivity (Wildman–Crippen MR) is 107 cm³/mol. The Balaban J connectivity index is 1.74. The van der Waals surface area contributed by atoms with E-state index in [0.717, 1.165) is 36.3 Å². The Labute approximate surface area is 164 Å². The van der Waals surface area contributed by atoms with Crippen LogP contribution in [0, 0.1) is 0 Å². The number of rotatable bonds is 9. The number of benzene rings is 2. The Morgan fingerprint density at radius 3 is 2.50 bits per heavy atom. The predicted octanol–water partition coefficient (Wildman–Crippen LogP) is 4.52. The number of unbranched alkanes of at least 4 members (excludes halogenated alkanes) is 3. The Morgan fingerprint density at radius 2 is 1.79 bits per heavy atom. The van der Waals surface area contributed by atoms with Crippen molar-refractivity contribution in [2.24, 2.45) is 0 Å². The number of aryl methyl sites for hydroxylation is 1. The van der Waals surface area contributed by atoms with E-state index in [2.05, 4.69) is 17.0 Å². The molecule has 0 fully saturated rings. The van der Waals surface area contributed by atoms with E-state index < -0.39 is 5.97 Å². The van der Waals surface area contributed by atoms with Gasteiger partial charge in [-0.2, -0.15) is 4.98 Å². The molecule has 6 nitrogen and oxygen atoms in total. The van der Waals surface area contributed by atoms with Crippen LogP contribution in [0.3, 0.4) is 0 Å². The lowest BCUT2D eigenvalue weighted by atomic mass is 9.98. The second-order valence-corrected chi connectivity index (χ2v) is 6.84. The standard InChI is InChI=1S/C22H25N3O3/c1-2-3-4-7-14-25-20(23-22(28)24-25)15-16-10-12-17(13-11-16)18-8-5-6-9-19(18)21(26)27/h5-6,8-13H,2-4,7,14-15H2,1H3,(H,24,28)(H,26,27). The average molecular weight is 379 g/mol. The molecule has 0 unspecified atom stereocenters. The van der Waals surface area contributed by atoms with Crippen LogP contribution in [0.1, 0.15) is 54.4 Å². The van der Waals surface area contributed by atoms with Gasteiger partial charge in [-0.3, -0.25) is 0 Å². The van der Waals surface area contributed by atoms with Crippen LogP contribution in [0.25, 0.3) is 11.1 Å². The minimum atomic E-state index is -0.939. The first kappa shape index (κ1) is 19.6. The van der Waals surface area contributed by atoms with Crippen molar-refractivity contribution in [3.8, 4) is 17.1 Å². The number of hydrogen-bond donors (Lipinski definition) is 2. The van der Waals surface area contributed by atoms with Gasteiger partial charge in [-0.25, -0.2) is 9.48 Å². The minimum absolute atomic E-state index is 0.197. The minimum Gasteiger partial charge on any atom is -0.478 e. The van der Waals surface area contributed by atoms with Crippen molar-refractivity contribution < 1.29 is 15.0 Å². The number of aromatic carboxylic acids is 1. The van der Waals surface area contributed by atoms with Crippen molar-refractivity contribution in [2.75, 3.05) is 0 Å². The molecule has 0 atom stereocenters. The fourth-order valence-corrected chi connectivity index (χ4v) is 3.27. The second-order valence-electron chi connectivity index (χ2n) is 6.84. The van der Waals surface area contributed by atoms with E-state index in [1.807, 2.05) is 36.4 Å². The molecule has 0 saturated carbocycles. The summed E-state index contributed by atoms with van der Waals surface area (Å²) >= 11 is 0. The number of aromatic hydroxyl groups is 1. The Hall–Kier alpha value is -3.15. The highest BCUT2D eigenvalue weighted by atomic mass is 16.4. The molecule has 0 aliphatic heterocycles. The molecule has 0 bridgehead atoms. The molecule has 2 N–H and O–H groups in total. The summed E-state index contributed by atoms with van der Waals surface area (Å²) in [5.74, 6) is -0.209. The van der Waals surface area contributed by atoms with Gasteiger partial charge in [0.1, 0.15) is 5.82 Å². The van der Waals surface area contributed by atoms with Crippen molar-refractivity contribution in [2.45, 2.75) is 45.6 Å². The second kappa shape index (κ2) is 9.17. The van der Waals surface area contributed by atoms with Crippen molar-refractivity contribution >= 4 is 5.97 Å². The zero-order valence-electron chi connectivity index (χ0n) is 16.0. The van der Waals surface area contributed by atoms with Crippen molar-refractivity contribution in [3.05, 3.63) is 65.5 Å². The van der Waals surface area contributed by atoms with Crippen LogP contribution < -0.4 is 0 Å². The number of carboxylic acids is 1. The molecule has 0 saturated heterocycles. The maximum Gasteiger partial charge on any atom is 0.336 e. The van der Waals surface area contributed by atoms with Gasteiger partial charge in [-0.1, -0.05) is 68.7 Å². The summed E-state index contributed by atoms with van der Waals surface area (Å²) < 4.78 is 1.78. The van der Waals surface area contributed by atoms with E-state index in [4.69, 9.17) is 0 Å². The molecule has 0 amide bonds. The summed E-state index contributed by atoms with van der Waals surface area (Å²) in [6.07, 6.45) is 5.06. The third kappa shape index (κ3) is 4.76. The average Bonchev–Trinajstić information content (AvgIpc) is 3.05. The normalized spacial score (nSPS) is 10.9. The maximum atomic E-state index is 11.4. The zero-order chi connectivity index (χ0) is 19.9. The molecule has 146 valence electrons. The SMILES string of the molecule is CCCCCCn1nc(O)nc1Cc1ccc(-c2ccccc2C(=O)O)cc1. The molecule has 0 aliphatic carbocycles. The van der Waals surface area contributed by atoms with E-state index >= 15 is 0 Å². The largest absolute Gasteiger partial charge is 0.478 e. The van der Waals surface area contributed by atoms with Crippen molar-refractivity contribution in [1.29, 1.82) is 0 Å². The fourth-order valence-electron chi connectivity index (χ4n) is 3.27. The molecule has 28 heavy (non-hydrogen) atoms. The van der Waals surface area contributed by atoms with Gasteiger partial charge in [0.25, 0.3) is 0 Å². The van der Waals surface area contributed by atoms with E-state index in [9.17, 15) is 15.0 Å². The molecule has 3 rings (SSSR count). The lowest BCUT2D eigenvalue weighted by Crippen LogP contribution is -2.06. The highest BCUT2D eigenvalue weighted by Crippen LogP contribution is 2.25. The van der Waals surface area contributed by atoms with E-state index in [1.165, 1.54) is 12.8 Å². The number of hydrogen-bond acceptors (Lipinski definition) is 4. The summed E-state index contributed by atoms with van der Waals surface area (Å²) in [7, 11) is 0. The highest BCUT2D eigenvalue weighted by molar-refractivity contribution is 5.95. The Bertz CT molecular complexity index is 932. The molecular formula is C22H25N3O3. The third-order valence-corrected chi connectivity index (χ3v) is 4.75. The fraction of sp³-hybridized carbons (Fsp3) is 0.318. The maximum absolute atomic E-state index is 11.4. The van der Waals surface area contributed by atoms with Gasteiger partial charge in [0.2, 0.25) is 0 Å². The first-order valence-corrected chi connectivity index (χ1v) is 9.62. The molecule has 2 aromatic carbocycles. The van der Waals surface area contributed by atoms with Gasteiger partial charge in [0.15, 0.2) is 0 Å². The van der Waals surface area contributed by atoms with Crippen LogP contribution in [-0.2, 0) is 13.0 Å². The van der Waals surface area contributed by atoms with Crippen LogP contribution in [0.4, 0.5) is 0 Å². The van der Waals surface area contributed by atoms with Gasteiger partial charge in [-0.15, -0.1) is 5.10 Å². The van der Waals surface area contributed by atoms with Gasteiger partial charge < -0.3 is 10.2 Å². The Kier molecular flexibility index (Phi) is 6.42. The quantitative estimate of drug-likeness (QED) is 0.534. The van der Waals surface area contributed by atoms with Crippen LogP contribution in [0.5, 0.6) is 6.01 Å². The summed E-state index contributed by atoms with van der Waals surface area (Å²) in [5.41, 5.74) is 2.86. The van der Waals surface area contributed by atoms with Crippen molar-refractivity contribution in [1.82, 2.24) is 14.8 Å². The number of aromatic nitrogens is 3. The highest BCUT2D eigenvalue weighted by Gasteiger charge is 2.12. The van der Waals surface area contributed by atoms with Crippen LogP contribution in [0.15, 0.2) is 48.5 Å². The van der Waals surface area contributed by atoms with Crippen molar-refractivity contribution in [3.63, 3.8) is 0 Å². The lowest BCUT2D eigenvalue weighted by molar-refractivity contribution is 0.0697. The molecule has 3 aromatic rings.